The summed E-state index contributed by atoms with van der Waals surface area (Å²) < 4.78 is 5.32. The van der Waals surface area contributed by atoms with E-state index in [0.29, 0.717) is 13.0 Å². The number of hydrogen-bond donors (Lipinski definition) is 1. The Morgan fingerprint density at radius 2 is 1.86 bits per heavy atom. The Labute approximate surface area is 124 Å². The summed E-state index contributed by atoms with van der Waals surface area (Å²) in [6.45, 7) is 0.704. The number of hydrogen-bond acceptors (Lipinski definition) is 3. The predicted octanol–water partition coefficient (Wildman–Crippen LogP) is 2.52. The van der Waals surface area contributed by atoms with E-state index in [1.54, 1.807) is 7.11 Å². The molecule has 1 N–H and O–H groups in total. The van der Waals surface area contributed by atoms with Crippen molar-refractivity contribution in [1.82, 2.24) is 10.4 Å². The van der Waals surface area contributed by atoms with Gasteiger partial charge in [-0.25, -0.2) is 5.01 Å². The van der Waals surface area contributed by atoms with Crippen molar-refractivity contribution in [1.29, 1.82) is 0 Å². The van der Waals surface area contributed by atoms with Crippen molar-refractivity contribution < 1.29 is 9.53 Å². The monoisotopic (exact) mass is 282 g/mol. The fourth-order valence-corrected chi connectivity index (χ4v) is 2.69. The van der Waals surface area contributed by atoms with Gasteiger partial charge in [0.25, 0.3) is 0 Å². The smallest absolute Gasteiger partial charge is 0.235 e. The van der Waals surface area contributed by atoms with E-state index in [-0.39, 0.29) is 11.9 Å². The summed E-state index contributed by atoms with van der Waals surface area (Å²) in [4.78, 5) is 11.6. The lowest BCUT2D eigenvalue weighted by atomic mass is 9.98. The van der Waals surface area contributed by atoms with Gasteiger partial charge in [-0.15, -0.1) is 0 Å². The molecule has 108 valence electrons. The van der Waals surface area contributed by atoms with Gasteiger partial charge < -0.3 is 4.74 Å². The molecule has 1 amide bonds. The van der Waals surface area contributed by atoms with E-state index in [9.17, 15) is 4.79 Å². The molecule has 1 saturated heterocycles. The second kappa shape index (κ2) is 5.97. The van der Waals surface area contributed by atoms with Gasteiger partial charge in [0.2, 0.25) is 5.91 Å². The zero-order chi connectivity index (χ0) is 14.7. The molecular formula is C17H18N2O2. The summed E-state index contributed by atoms with van der Waals surface area (Å²) in [6.07, 6.45) is 0.535. The highest BCUT2D eigenvalue weighted by molar-refractivity contribution is 5.77. The van der Waals surface area contributed by atoms with E-state index in [1.165, 1.54) is 0 Å². The quantitative estimate of drug-likeness (QED) is 0.937. The van der Waals surface area contributed by atoms with E-state index in [2.05, 4.69) is 23.6 Å². The molecule has 1 fully saturated rings. The van der Waals surface area contributed by atoms with Gasteiger partial charge in [0.15, 0.2) is 0 Å². The number of amides is 1. The first-order chi connectivity index (χ1) is 10.3. The van der Waals surface area contributed by atoms with Gasteiger partial charge in [0, 0.05) is 13.0 Å². The molecular weight excluding hydrogens is 264 g/mol. The van der Waals surface area contributed by atoms with Crippen LogP contribution in [-0.2, 0) is 4.79 Å². The summed E-state index contributed by atoms with van der Waals surface area (Å²) in [5.41, 5.74) is 5.19. The number of nitrogens with zero attached hydrogens (tertiary/aromatic N) is 1. The topological polar surface area (TPSA) is 41.6 Å². The van der Waals surface area contributed by atoms with Crippen LogP contribution in [0.3, 0.4) is 0 Å². The van der Waals surface area contributed by atoms with Crippen LogP contribution in [0.4, 0.5) is 0 Å². The van der Waals surface area contributed by atoms with Gasteiger partial charge in [0.05, 0.1) is 13.2 Å². The molecule has 0 spiro atoms. The number of carbonyl (C=O) groups is 1. The van der Waals surface area contributed by atoms with Crippen molar-refractivity contribution in [3.8, 4) is 5.75 Å². The minimum Gasteiger partial charge on any atom is -0.497 e. The molecule has 0 saturated carbocycles. The maximum atomic E-state index is 11.6. The minimum atomic E-state index is -0.00671. The van der Waals surface area contributed by atoms with Crippen LogP contribution in [0.1, 0.15) is 23.6 Å². The van der Waals surface area contributed by atoms with Gasteiger partial charge in [-0.1, -0.05) is 42.5 Å². The number of benzene rings is 2. The predicted molar refractivity (Wildman–Crippen MR) is 80.7 cm³/mol. The molecule has 1 aliphatic rings. The number of hydrazine groups is 1. The van der Waals surface area contributed by atoms with Crippen LogP contribution < -0.4 is 10.2 Å². The molecule has 3 rings (SSSR count). The molecule has 4 nitrogen and oxygen atoms in total. The van der Waals surface area contributed by atoms with Crippen molar-refractivity contribution in [3.05, 3.63) is 65.7 Å². The number of carbonyl (C=O) groups excluding carboxylic acids is 1. The maximum absolute atomic E-state index is 11.6. The van der Waals surface area contributed by atoms with E-state index in [4.69, 9.17) is 4.74 Å². The summed E-state index contributed by atoms with van der Waals surface area (Å²) in [6, 6.07) is 18.1. The molecule has 0 bridgehead atoms. The first-order valence-electron chi connectivity index (χ1n) is 7.03. The Morgan fingerprint density at radius 1 is 1.10 bits per heavy atom. The first-order valence-corrected chi connectivity index (χ1v) is 7.03. The third kappa shape index (κ3) is 2.90. The fraction of sp³-hybridized carbons (Fsp3) is 0.235. The molecule has 0 unspecified atom stereocenters. The Bertz CT molecular complexity index is 628. The SMILES string of the molecule is COc1cccc([C@@H](c2ccccc2)N2CCC(=O)N2)c1. The van der Waals surface area contributed by atoms with Gasteiger partial charge in [-0.05, 0) is 23.3 Å². The van der Waals surface area contributed by atoms with E-state index >= 15 is 0 Å². The van der Waals surface area contributed by atoms with Crippen LogP contribution in [0.5, 0.6) is 5.75 Å². The summed E-state index contributed by atoms with van der Waals surface area (Å²) in [5, 5.41) is 1.99. The molecule has 4 heteroatoms. The molecule has 0 radical (unpaired) electrons. The molecule has 2 aromatic carbocycles. The zero-order valence-electron chi connectivity index (χ0n) is 12.0. The Balaban J connectivity index is 2.01. The highest BCUT2D eigenvalue weighted by atomic mass is 16.5. The van der Waals surface area contributed by atoms with Gasteiger partial charge in [-0.2, -0.15) is 0 Å². The number of rotatable bonds is 4. The third-order valence-corrected chi connectivity index (χ3v) is 3.68. The molecule has 21 heavy (non-hydrogen) atoms. The minimum absolute atomic E-state index is 0.00671. The summed E-state index contributed by atoms with van der Waals surface area (Å²) in [7, 11) is 1.66. The normalized spacial score (nSPS) is 16.5. The second-order valence-electron chi connectivity index (χ2n) is 5.07. The average molecular weight is 282 g/mol. The molecule has 0 aromatic heterocycles. The van der Waals surface area contributed by atoms with Crippen molar-refractivity contribution in [2.45, 2.75) is 12.5 Å². The van der Waals surface area contributed by atoms with Crippen molar-refractivity contribution >= 4 is 5.91 Å². The highest BCUT2D eigenvalue weighted by Gasteiger charge is 2.28. The van der Waals surface area contributed by atoms with Crippen LogP contribution in [0.15, 0.2) is 54.6 Å². The summed E-state index contributed by atoms with van der Waals surface area (Å²) in [5.74, 6) is 0.887. The second-order valence-corrected chi connectivity index (χ2v) is 5.07. The Hall–Kier alpha value is -2.33. The van der Waals surface area contributed by atoms with Crippen LogP contribution in [-0.4, -0.2) is 24.6 Å². The molecule has 1 aliphatic heterocycles. The average Bonchev–Trinajstić information content (AvgIpc) is 2.95. The number of ether oxygens (including phenoxy) is 1. The third-order valence-electron chi connectivity index (χ3n) is 3.68. The van der Waals surface area contributed by atoms with Crippen LogP contribution in [0.25, 0.3) is 0 Å². The fourth-order valence-electron chi connectivity index (χ4n) is 2.69. The van der Waals surface area contributed by atoms with Gasteiger partial charge in [-0.3, -0.25) is 10.2 Å². The number of nitrogens with one attached hydrogen (secondary N) is 1. The molecule has 1 atom stereocenters. The van der Waals surface area contributed by atoms with Crippen molar-refractivity contribution in [3.63, 3.8) is 0 Å². The molecule has 0 aliphatic carbocycles. The largest absolute Gasteiger partial charge is 0.497 e. The Morgan fingerprint density at radius 3 is 2.52 bits per heavy atom. The van der Waals surface area contributed by atoms with Crippen LogP contribution in [0, 0.1) is 0 Å². The Kier molecular flexibility index (Phi) is 3.88. The van der Waals surface area contributed by atoms with Gasteiger partial charge >= 0.3 is 0 Å². The lowest BCUT2D eigenvalue weighted by Crippen LogP contribution is -2.37. The first kappa shape index (κ1) is 13.6. The van der Waals surface area contributed by atoms with Crippen LogP contribution >= 0.6 is 0 Å². The molecule has 1 heterocycles. The van der Waals surface area contributed by atoms with Gasteiger partial charge in [0.1, 0.15) is 5.75 Å². The summed E-state index contributed by atoms with van der Waals surface area (Å²) >= 11 is 0. The van der Waals surface area contributed by atoms with Crippen LogP contribution in [0.2, 0.25) is 0 Å². The number of methoxy groups -OCH3 is 1. The van der Waals surface area contributed by atoms with E-state index < -0.39 is 0 Å². The zero-order valence-corrected chi connectivity index (χ0v) is 12.0. The van der Waals surface area contributed by atoms with E-state index in [1.807, 2.05) is 41.4 Å². The lowest BCUT2D eigenvalue weighted by molar-refractivity contribution is -0.121. The van der Waals surface area contributed by atoms with E-state index in [0.717, 1.165) is 16.9 Å². The maximum Gasteiger partial charge on any atom is 0.235 e. The highest BCUT2D eigenvalue weighted by Crippen LogP contribution is 2.30. The standard InChI is InChI=1S/C17H18N2O2/c1-21-15-9-5-8-14(12-15)17(13-6-3-2-4-7-13)19-11-10-16(20)18-19/h2-9,12,17H,10-11H2,1H3,(H,18,20)/t17-/m1/s1. The molecule has 2 aromatic rings. The van der Waals surface area contributed by atoms with Crippen molar-refractivity contribution in [2.24, 2.45) is 0 Å². The van der Waals surface area contributed by atoms with Crippen molar-refractivity contribution in [2.75, 3.05) is 13.7 Å². The lowest BCUT2D eigenvalue weighted by Gasteiger charge is -2.28.